The number of aliphatic carboxylic acids is 1. The number of likely N-dealkylation sites (tertiary alicyclic amines) is 1. The van der Waals surface area contributed by atoms with Gasteiger partial charge in [-0.3, -0.25) is 9.59 Å². The van der Waals surface area contributed by atoms with E-state index in [2.05, 4.69) is 5.10 Å². The summed E-state index contributed by atoms with van der Waals surface area (Å²) in [7, 11) is 0. The number of amides is 1. The molecule has 1 fully saturated rings. The molecular formula is C19H23N3O3. The van der Waals surface area contributed by atoms with E-state index in [0.29, 0.717) is 6.54 Å². The Balaban J connectivity index is 1.80. The normalized spacial score (nSPS) is 17.0. The third-order valence-electron chi connectivity index (χ3n) is 4.88. The van der Waals surface area contributed by atoms with E-state index in [0.717, 1.165) is 35.5 Å². The summed E-state index contributed by atoms with van der Waals surface area (Å²) < 4.78 is 1.86. The van der Waals surface area contributed by atoms with Gasteiger partial charge in [-0.1, -0.05) is 18.2 Å². The highest BCUT2D eigenvalue weighted by atomic mass is 16.4. The Labute approximate surface area is 147 Å². The number of benzene rings is 1. The topological polar surface area (TPSA) is 75.4 Å². The Morgan fingerprint density at radius 2 is 1.96 bits per heavy atom. The minimum atomic E-state index is -0.853. The largest absolute Gasteiger partial charge is 0.481 e. The minimum Gasteiger partial charge on any atom is -0.481 e. The summed E-state index contributed by atoms with van der Waals surface area (Å²) in [5, 5.41) is 13.6. The van der Waals surface area contributed by atoms with Crippen molar-refractivity contribution in [3.63, 3.8) is 0 Å². The third kappa shape index (κ3) is 3.57. The molecule has 1 saturated heterocycles. The summed E-state index contributed by atoms with van der Waals surface area (Å²) in [6, 6.07) is 9.64. The number of carboxylic acids is 1. The van der Waals surface area contributed by atoms with Crippen molar-refractivity contribution in [2.75, 3.05) is 6.54 Å². The van der Waals surface area contributed by atoms with Crippen molar-refractivity contribution in [3.05, 3.63) is 47.3 Å². The van der Waals surface area contributed by atoms with Crippen LogP contribution in [-0.2, 0) is 16.0 Å². The van der Waals surface area contributed by atoms with Crippen LogP contribution in [0.15, 0.2) is 30.3 Å². The van der Waals surface area contributed by atoms with Crippen molar-refractivity contribution in [2.24, 2.45) is 0 Å². The van der Waals surface area contributed by atoms with Gasteiger partial charge in [0.15, 0.2) is 0 Å². The van der Waals surface area contributed by atoms with Crippen molar-refractivity contribution in [2.45, 2.75) is 45.6 Å². The molecule has 6 heteroatoms. The van der Waals surface area contributed by atoms with Crippen LogP contribution in [0.2, 0.25) is 0 Å². The number of aryl methyl sites for hydroxylation is 1. The molecule has 0 aliphatic carbocycles. The van der Waals surface area contributed by atoms with E-state index in [9.17, 15) is 9.59 Å². The molecule has 1 atom stereocenters. The van der Waals surface area contributed by atoms with E-state index in [1.165, 1.54) is 0 Å². The molecule has 6 nitrogen and oxygen atoms in total. The molecule has 25 heavy (non-hydrogen) atoms. The molecule has 0 spiro atoms. The number of aromatic nitrogens is 2. The summed E-state index contributed by atoms with van der Waals surface area (Å²) in [5.41, 5.74) is 3.68. The molecule has 3 rings (SSSR count). The van der Waals surface area contributed by atoms with Crippen LogP contribution in [0.5, 0.6) is 0 Å². The molecule has 0 saturated carbocycles. The van der Waals surface area contributed by atoms with Crippen LogP contribution in [0.3, 0.4) is 0 Å². The molecule has 0 radical (unpaired) electrons. The molecule has 1 aliphatic heterocycles. The molecule has 2 aromatic rings. The van der Waals surface area contributed by atoms with Gasteiger partial charge in [0.25, 0.3) is 0 Å². The molecule has 1 aromatic carbocycles. The Hall–Kier alpha value is -2.63. The first kappa shape index (κ1) is 17.2. The zero-order valence-electron chi connectivity index (χ0n) is 14.6. The average Bonchev–Trinajstić information content (AvgIpc) is 3.14. The third-order valence-corrected chi connectivity index (χ3v) is 4.88. The lowest BCUT2D eigenvalue weighted by Gasteiger charge is -2.23. The smallest absolute Gasteiger partial charge is 0.305 e. The average molecular weight is 341 g/mol. The zero-order valence-corrected chi connectivity index (χ0v) is 14.6. The number of nitrogens with zero attached hydrogens (tertiary/aromatic N) is 3. The SMILES string of the molecule is Cc1nn(-c2ccccc2)c(C)c1CC(=O)N1CCCC1CC(=O)O. The summed E-state index contributed by atoms with van der Waals surface area (Å²) >= 11 is 0. The van der Waals surface area contributed by atoms with Crippen LogP contribution < -0.4 is 0 Å². The van der Waals surface area contributed by atoms with Crippen LogP contribution in [-0.4, -0.2) is 44.3 Å². The zero-order chi connectivity index (χ0) is 18.0. The molecule has 1 unspecified atom stereocenters. The molecule has 1 amide bonds. The summed E-state index contributed by atoms with van der Waals surface area (Å²) in [6.45, 7) is 4.52. The number of hydrogen-bond donors (Lipinski definition) is 1. The second kappa shape index (κ2) is 7.09. The van der Waals surface area contributed by atoms with Crippen LogP contribution in [0, 0.1) is 13.8 Å². The summed E-state index contributed by atoms with van der Waals surface area (Å²) in [4.78, 5) is 25.5. The highest BCUT2D eigenvalue weighted by Gasteiger charge is 2.31. The van der Waals surface area contributed by atoms with Gasteiger partial charge in [0.1, 0.15) is 0 Å². The van der Waals surface area contributed by atoms with Crippen molar-refractivity contribution in [1.82, 2.24) is 14.7 Å². The van der Waals surface area contributed by atoms with Crippen molar-refractivity contribution in [1.29, 1.82) is 0 Å². The van der Waals surface area contributed by atoms with Gasteiger partial charge in [0.05, 0.1) is 24.2 Å². The van der Waals surface area contributed by atoms with Gasteiger partial charge in [-0.25, -0.2) is 4.68 Å². The van der Waals surface area contributed by atoms with Crippen LogP contribution in [0.25, 0.3) is 5.69 Å². The maximum Gasteiger partial charge on any atom is 0.305 e. The number of hydrogen-bond acceptors (Lipinski definition) is 3. The van der Waals surface area contributed by atoms with Gasteiger partial charge in [-0.2, -0.15) is 5.10 Å². The fraction of sp³-hybridized carbons (Fsp3) is 0.421. The highest BCUT2D eigenvalue weighted by molar-refractivity contribution is 5.80. The quantitative estimate of drug-likeness (QED) is 0.907. The van der Waals surface area contributed by atoms with E-state index in [-0.39, 0.29) is 24.8 Å². The van der Waals surface area contributed by atoms with E-state index in [1.54, 1.807) is 4.90 Å². The summed E-state index contributed by atoms with van der Waals surface area (Å²) in [5.74, 6) is -0.864. The number of rotatable bonds is 5. The maximum atomic E-state index is 12.8. The predicted molar refractivity (Wildman–Crippen MR) is 93.7 cm³/mol. The van der Waals surface area contributed by atoms with Gasteiger partial charge in [0.2, 0.25) is 5.91 Å². The van der Waals surface area contributed by atoms with Crippen molar-refractivity contribution in [3.8, 4) is 5.69 Å². The van der Waals surface area contributed by atoms with Crippen molar-refractivity contribution < 1.29 is 14.7 Å². The van der Waals surface area contributed by atoms with Crippen molar-refractivity contribution >= 4 is 11.9 Å². The van der Waals surface area contributed by atoms with E-state index >= 15 is 0 Å². The Kier molecular flexibility index (Phi) is 4.88. The van der Waals surface area contributed by atoms with Crippen LogP contribution in [0.1, 0.15) is 36.2 Å². The first-order valence-corrected chi connectivity index (χ1v) is 8.59. The van der Waals surface area contributed by atoms with Gasteiger partial charge in [-0.15, -0.1) is 0 Å². The first-order chi connectivity index (χ1) is 12.0. The molecule has 1 aromatic heterocycles. The molecule has 1 N–H and O–H groups in total. The number of carbonyl (C=O) groups excluding carboxylic acids is 1. The molecule has 1 aliphatic rings. The lowest BCUT2D eigenvalue weighted by Crippen LogP contribution is -2.37. The summed E-state index contributed by atoms with van der Waals surface area (Å²) in [6.07, 6.45) is 1.91. The van der Waals surface area contributed by atoms with Gasteiger partial charge >= 0.3 is 5.97 Å². The fourth-order valence-corrected chi connectivity index (χ4v) is 3.58. The first-order valence-electron chi connectivity index (χ1n) is 8.59. The molecule has 132 valence electrons. The molecular weight excluding hydrogens is 318 g/mol. The van der Waals surface area contributed by atoms with E-state index in [1.807, 2.05) is 48.9 Å². The van der Waals surface area contributed by atoms with Crippen LogP contribution >= 0.6 is 0 Å². The number of carboxylic acid groups (broad SMARTS) is 1. The van der Waals surface area contributed by atoms with Crippen LogP contribution in [0.4, 0.5) is 0 Å². The van der Waals surface area contributed by atoms with E-state index < -0.39 is 5.97 Å². The fourth-order valence-electron chi connectivity index (χ4n) is 3.58. The Bertz CT molecular complexity index is 783. The number of carbonyl (C=O) groups is 2. The maximum absolute atomic E-state index is 12.8. The standard InChI is InChI=1S/C19H23N3O3/c1-13-17(14(2)22(20-13)15-7-4-3-5-8-15)12-18(23)21-10-6-9-16(21)11-19(24)25/h3-5,7-8,16H,6,9-12H2,1-2H3,(H,24,25). The lowest BCUT2D eigenvalue weighted by molar-refractivity contribution is -0.139. The lowest BCUT2D eigenvalue weighted by atomic mass is 10.1. The van der Waals surface area contributed by atoms with Gasteiger partial charge in [0, 0.05) is 23.8 Å². The minimum absolute atomic E-state index is 0.0115. The van der Waals surface area contributed by atoms with E-state index in [4.69, 9.17) is 5.11 Å². The van der Waals surface area contributed by atoms with Gasteiger partial charge < -0.3 is 10.0 Å². The Morgan fingerprint density at radius 1 is 1.24 bits per heavy atom. The number of para-hydroxylation sites is 1. The predicted octanol–water partition coefficient (Wildman–Crippen LogP) is 2.50. The highest BCUT2D eigenvalue weighted by Crippen LogP contribution is 2.24. The molecule has 0 bridgehead atoms. The Morgan fingerprint density at radius 3 is 2.64 bits per heavy atom. The molecule has 2 heterocycles. The second-order valence-electron chi connectivity index (χ2n) is 6.55. The van der Waals surface area contributed by atoms with Gasteiger partial charge in [-0.05, 0) is 38.8 Å². The second-order valence-corrected chi connectivity index (χ2v) is 6.55. The monoisotopic (exact) mass is 341 g/mol.